The second-order valence-corrected chi connectivity index (χ2v) is 6.65. The van der Waals surface area contributed by atoms with Gasteiger partial charge in [-0.2, -0.15) is 13.2 Å². The number of halogens is 3. The van der Waals surface area contributed by atoms with Crippen LogP contribution in [0.5, 0.6) is 0 Å². The van der Waals surface area contributed by atoms with Crippen LogP contribution in [0.1, 0.15) is 39.5 Å². The van der Waals surface area contributed by atoms with Crippen molar-refractivity contribution in [2.24, 2.45) is 17.6 Å². The third-order valence-corrected chi connectivity index (χ3v) is 4.02. The normalized spacial score (nSPS) is 19.4. The maximum Gasteiger partial charge on any atom is 0.401 e. The number of carbonyl (C=O) groups excluding carboxylic acids is 1. The van der Waals surface area contributed by atoms with Gasteiger partial charge in [0, 0.05) is 6.54 Å². The number of carbonyl (C=O) groups is 1. The number of nitrogens with one attached hydrogen (secondary N) is 1. The Kier molecular flexibility index (Phi) is 7.62. The molecule has 1 heterocycles. The molecule has 0 saturated carbocycles. The highest BCUT2D eigenvalue weighted by Gasteiger charge is 2.32. The van der Waals surface area contributed by atoms with E-state index in [2.05, 4.69) is 5.32 Å². The summed E-state index contributed by atoms with van der Waals surface area (Å²) in [7, 11) is 0. The van der Waals surface area contributed by atoms with Gasteiger partial charge in [0.05, 0.1) is 12.6 Å². The molecule has 3 N–H and O–H groups in total. The van der Waals surface area contributed by atoms with Gasteiger partial charge in [-0.3, -0.25) is 9.69 Å². The Balaban J connectivity index is 2.16. The Morgan fingerprint density at radius 3 is 2.41 bits per heavy atom. The average Bonchev–Trinajstić information content (AvgIpc) is 2.38. The minimum Gasteiger partial charge on any atom is -0.355 e. The molecule has 0 aliphatic carbocycles. The molecule has 1 fully saturated rings. The molecule has 0 radical (unpaired) electrons. The zero-order chi connectivity index (χ0) is 16.8. The van der Waals surface area contributed by atoms with E-state index < -0.39 is 18.8 Å². The molecule has 0 spiro atoms. The van der Waals surface area contributed by atoms with Crippen LogP contribution >= 0.6 is 0 Å². The zero-order valence-electron chi connectivity index (χ0n) is 13.5. The van der Waals surface area contributed by atoms with Gasteiger partial charge in [0.25, 0.3) is 0 Å². The maximum absolute atomic E-state index is 12.3. The van der Waals surface area contributed by atoms with Crippen molar-refractivity contribution in [3.8, 4) is 0 Å². The summed E-state index contributed by atoms with van der Waals surface area (Å²) in [6.45, 7) is 4.72. The van der Waals surface area contributed by atoms with E-state index in [1.54, 1.807) is 0 Å². The molecule has 4 nitrogen and oxygen atoms in total. The molecule has 1 aliphatic heterocycles. The minimum absolute atomic E-state index is 0.136. The third-order valence-electron chi connectivity index (χ3n) is 4.02. The van der Waals surface area contributed by atoms with Crippen molar-refractivity contribution in [3.05, 3.63) is 0 Å². The lowest BCUT2D eigenvalue weighted by atomic mass is 9.93. The number of amides is 1. The van der Waals surface area contributed by atoms with Gasteiger partial charge < -0.3 is 11.1 Å². The number of alkyl halides is 3. The van der Waals surface area contributed by atoms with Gasteiger partial charge >= 0.3 is 6.18 Å². The average molecular weight is 323 g/mol. The highest BCUT2D eigenvalue weighted by Crippen LogP contribution is 2.23. The first kappa shape index (κ1) is 19.2. The first-order valence-corrected chi connectivity index (χ1v) is 7.99. The molecule has 0 aromatic rings. The number of nitrogens with zero attached hydrogens (tertiary/aromatic N) is 1. The van der Waals surface area contributed by atoms with Crippen LogP contribution in [0.3, 0.4) is 0 Å². The number of likely N-dealkylation sites (tertiary alicyclic amines) is 1. The first-order chi connectivity index (χ1) is 10.2. The van der Waals surface area contributed by atoms with E-state index in [1.807, 2.05) is 13.8 Å². The molecule has 1 amide bonds. The first-order valence-electron chi connectivity index (χ1n) is 7.99. The molecule has 22 heavy (non-hydrogen) atoms. The van der Waals surface area contributed by atoms with E-state index in [0.29, 0.717) is 37.9 Å². The smallest absolute Gasteiger partial charge is 0.355 e. The van der Waals surface area contributed by atoms with Gasteiger partial charge in [-0.1, -0.05) is 13.8 Å². The number of nitrogens with two attached hydrogens (primary N) is 1. The fourth-order valence-electron chi connectivity index (χ4n) is 2.83. The van der Waals surface area contributed by atoms with Crippen LogP contribution in [0.4, 0.5) is 13.2 Å². The fraction of sp³-hybridized carbons (Fsp3) is 0.933. The molecule has 1 aliphatic rings. The molecule has 0 aromatic carbocycles. The molecule has 0 bridgehead atoms. The number of rotatable bonds is 7. The van der Waals surface area contributed by atoms with Gasteiger partial charge in [0.2, 0.25) is 5.91 Å². The topological polar surface area (TPSA) is 58.4 Å². The minimum atomic E-state index is -4.12. The van der Waals surface area contributed by atoms with Gasteiger partial charge in [-0.15, -0.1) is 0 Å². The van der Waals surface area contributed by atoms with E-state index >= 15 is 0 Å². The highest BCUT2D eigenvalue weighted by molar-refractivity contribution is 5.81. The summed E-state index contributed by atoms with van der Waals surface area (Å²) in [5.41, 5.74) is 5.79. The lowest BCUT2D eigenvalue weighted by molar-refractivity contribution is -0.148. The third kappa shape index (κ3) is 7.98. The molecule has 1 saturated heterocycles. The van der Waals surface area contributed by atoms with Crippen LogP contribution in [0.15, 0.2) is 0 Å². The summed E-state index contributed by atoms with van der Waals surface area (Å²) in [5, 5.41) is 2.83. The van der Waals surface area contributed by atoms with E-state index in [0.717, 1.165) is 19.3 Å². The van der Waals surface area contributed by atoms with Crippen LogP contribution in [0, 0.1) is 11.8 Å². The van der Waals surface area contributed by atoms with Crippen molar-refractivity contribution in [1.29, 1.82) is 0 Å². The maximum atomic E-state index is 12.3. The quantitative estimate of drug-likeness (QED) is 0.755. The predicted octanol–water partition coefficient (Wildman–Crippen LogP) is 2.14. The summed E-state index contributed by atoms with van der Waals surface area (Å²) < 4.78 is 36.9. The number of hydrogen-bond acceptors (Lipinski definition) is 3. The molecule has 0 aromatic heterocycles. The molecule has 0 unspecified atom stereocenters. The largest absolute Gasteiger partial charge is 0.401 e. The molecule has 7 heteroatoms. The van der Waals surface area contributed by atoms with Crippen molar-refractivity contribution in [1.82, 2.24) is 10.2 Å². The molecular weight excluding hydrogens is 295 g/mol. The summed E-state index contributed by atoms with van der Waals surface area (Å²) in [6.07, 6.45) is -1.15. The van der Waals surface area contributed by atoms with Gasteiger partial charge in [0.15, 0.2) is 0 Å². The predicted molar refractivity (Wildman–Crippen MR) is 80.3 cm³/mol. The van der Waals surface area contributed by atoms with E-state index in [1.165, 1.54) is 4.90 Å². The SMILES string of the molecule is CC(C)C[C@H](N)C(=O)NCCC1CCN(CC(F)(F)F)CC1. The monoisotopic (exact) mass is 323 g/mol. The Hall–Kier alpha value is -0.820. The lowest BCUT2D eigenvalue weighted by Crippen LogP contribution is -2.43. The van der Waals surface area contributed by atoms with Crippen molar-refractivity contribution in [2.45, 2.75) is 51.7 Å². The summed E-state index contributed by atoms with van der Waals surface area (Å²) in [5.74, 6) is 0.619. The van der Waals surface area contributed by atoms with Crippen molar-refractivity contribution >= 4 is 5.91 Å². The van der Waals surface area contributed by atoms with Crippen LogP contribution in [0.25, 0.3) is 0 Å². The molecular formula is C15H28F3N3O. The highest BCUT2D eigenvalue weighted by atomic mass is 19.4. The van der Waals surface area contributed by atoms with Gasteiger partial charge in [-0.25, -0.2) is 0 Å². The fourth-order valence-corrected chi connectivity index (χ4v) is 2.83. The van der Waals surface area contributed by atoms with Crippen LogP contribution in [-0.2, 0) is 4.79 Å². The van der Waals surface area contributed by atoms with Crippen LogP contribution < -0.4 is 11.1 Å². The molecule has 130 valence electrons. The number of piperidine rings is 1. The van der Waals surface area contributed by atoms with Crippen LogP contribution in [-0.4, -0.2) is 49.2 Å². The zero-order valence-corrected chi connectivity index (χ0v) is 13.5. The Labute approximate surface area is 130 Å². The summed E-state index contributed by atoms with van der Waals surface area (Å²) in [4.78, 5) is 13.2. The Bertz CT molecular complexity index is 339. The second-order valence-electron chi connectivity index (χ2n) is 6.65. The van der Waals surface area contributed by atoms with E-state index in [4.69, 9.17) is 5.73 Å². The van der Waals surface area contributed by atoms with Crippen LogP contribution in [0.2, 0.25) is 0 Å². The molecule has 1 rings (SSSR count). The lowest BCUT2D eigenvalue weighted by Gasteiger charge is -2.32. The number of hydrogen-bond donors (Lipinski definition) is 2. The standard InChI is InChI=1S/C15H28F3N3O/c1-11(2)9-13(19)14(22)20-6-3-12-4-7-21(8-5-12)10-15(16,17)18/h11-13H,3-10,19H2,1-2H3,(H,20,22)/t13-/m0/s1. The Morgan fingerprint density at radius 2 is 1.91 bits per heavy atom. The molecule has 1 atom stereocenters. The second kappa shape index (κ2) is 8.72. The van der Waals surface area contributed by atoms with Gasteiger partial charge in [-0.05, 0) is 50.6 Å². The summed E-state index contributed by atoms with van der Waals surface area (Å²) in [6, 6.07) is -0.478. The van der Waals surface area contributed by atoms with E-state index in [-0.39, 0.29) is 5.91 Å². The summed E-state index contributed by atoms with van der Waals surface area (Å²) >= 11 is 0. The van der Waals surface area contributed by atoms with E-state index in [9.17, 15) is 18.0 Å². The van der Waals surface area contributed by atoms with Gasteiger partial charge in [0.1, 0.15) is 0 Å². The van der Waals surface area contributed by atoms with Crippen molar-refractivity contribution in [3.63, 3.8) is 0 Å². The Morgan fingerprint density at radius 1 is 1.32 bits per heavy atom. The van der Waals surface area contributed by atoms with Crippen molar-refractivity contribution < 1.29 is 18.0 Å². The van der Waals surface area contributed by atoms with Crippen molar-refractivity contribution in [2.75, 3.05) is 26.2 Å².